The average molecular weight is 214 g/mol. The molecule has 0 aromatic heterocycles. The Hall–Kier alpha value is -0.870. The highest BCUT2D eigenvalue weighted by Crippen LogP contribution is 1.89. The minimum atomic E-state index is -0.159. The number of nitrogens with one attached hydrogen (secondary N) is 1. The third-order valence-corrected chi connectivity index (χ3v) is 1.86. The fourth-order valence-corrected chi connectivity index (χ4v) is 1.07. The standard InChI is InChI=1S/C11H22N2O2/c1-9(2)8-15-7-6-12-10(3)11(14)13(4)5/h10,12H,1,6-8H2,2-5H3. The molecule has 0 spiro atoms. The van der Waals surface area contributed by atoms with Gasteiger partial charge in [-0.05, 0) is 13.8 Å². The second kappa shape index (κ2) is 7.43. The zero-order valence-corrected chi connectivity index (χ0v) is 10.2. The lowest BCUT2D eigenvalue weighted by Crippen LogP contribution is -2.42. The molecule has 0 radical (unpaired) electrons. The molecule has 0 aliphatic rings. The van der Waals surface area contributed by atoms with E-state index in [2.05, 4.69) is 11.9 Å². The van der Waals surface area contributed by atoms with Crippen LogP contribution in [0.25, 0.3) is 0 Å². The third-order valence-electron chi connectivity index (χ3n) is 1.86. The average Bonchev–Trinajstić information content (AvgIpc) is 2.15. The maximum Gasteiger partial charge on any atom is 0.238 e. The molecule has 4 nitrogen and oxygen atoms in total. The normalized spacial score (nSPS) is 12.3. The predicted molar refractivity (Wildman–Crippen MR) is 61.8 cm³/mol. The van der Waals surface area contributed by atoms with Crippen LogP contribution in [0.1, 0.15) is 13.8 Å². The summed E-state index contributed by atoms with van der Waals surface area (Å²) >= 11 is 0. The molecule has 0 saturated carbocycles. The number of carbonyl (C=O) groups excluding carboxylic acids is 1. The van der Waals surface area contributed by atoms with Crippen molar-refractivity contribution in [3.8, 4) is 0 Å². The fraction of sp³-hybridized carbons (Fsp3) is 0.727. The van der Waals surface area contributed by atoms with Crippen LogP contribution in [0, 0.1) is 0 Å². The van der Waals surface area contributed by atoms with Gasteiger partial charge < -0.3 is 15.0 Å². The first-order valence-electron chi connectivity index (χ1n) is 5.11. The van der Waals surface area contributed by atoms with Gasteiger partial charge >= 0.3 is 0 Å². The molecule has 1 amide bonds. The van der Waals surface area contributed by atoms with Crippen molar-refractivity contribution in [2.45, 2.75) is 19.9 Å². The molecule has 0 aromatic rings. The number of hydrogen-bond donors (Lipinski definition) is 1. The third kappa shape index (κ3) is 7.11. The number of likely N-dealkylation sites (N-methyl/N-ethyl adjacent to an activating group) is 1. The minimum absolute atomic E-state index is 0.0786. The van der Waals surface area contributed by atoms with Crippen LogP contribution in [0.3, 0.4) is 0 Å². The van der Waals surface area contributed by atoms with Gasteiger partial charge in [-0.25, -0.2) is 0 Å². The van der Waals surface area contributed by atoms with Crippen LogP contribution in [0.4, 0.5) is 0 Å². The van der Waals surface area contributed by atoms with Crippen LogP contribution >= 0.6 is 0 Å². The van der Waals surface area contributed by atoms with E-state index < -0.39 is 0 Å². The molecule has 4 heteroatoms. The van der Waals surface area contributed by atoms with Gasteiger partial charge in [0.25, 0.3) is 0 Å². The summed E-state index contributed by atoms with van der Waals surface area (Å²) in [6, 6.07) is -0.159. The summed E-state index contributed by atoms with van der Waals surface area (Å²) in [5, 5.41) is 3.09. The Labute approximate surface area is 92.3 Å². The van der Waals surface area contributed by atoms with Crippen molar-refractivity contribution in [2.75, 3.05) is 33.9 Å². The van der Waals surface area contributed by atoms with Crippen molar-refractivity contribution >= 4 is 5.91 Å². The van der Waals surface area contributed by atoms with Gasteiger partial charge in [0.05, 0.1) is 19.3 Å². The Morgan fingerprint density at radius 1 is 1.53 bits per heavy atom. The molecule has 0 aliphatic heterocycles. The molecule has 0 aromatic carbocycles. The molecule has 15 heavy (non-hydrogen) atoms. The van der Waals surface area contributed by atoms with E-state index in [-0.39, 0.29) is 11.9 Å². The van der Waals surface area contributed by atoms with Crippen LogP contribution in [0.5, 0.6) is 0 Å². The fourth-order valence-electron chi connectivity index (χ4n) is 1.07. The van der Waals surface area contributed by atoms with Gasteiger partial charge in [-0.15, -0.1) is 0 Å². The summed E-state index contributed by atoms with van der Waals surface area (Å²) in [7, 11) is 3.50. The molecule has 0 heterocycles. The molecular formula is C11H22N2O2. The first kappa shape index (κ1) is 14.1. The Morgan fingerprint density at radius 3 is 2.60 bits per heavy atom. The van der Waals surface area contributed by atoms with E-state index in [9.17, 15) is 4.79 Å². The quantitative estimate of drug-likeness (QED) is 0.499. The maximum absolute atomic E-state index is 11.4. The van der Waals surface area contributed by atoms with Crippen LogP contribution in [0.15, 0.2) is 12.2 Å². The van der Waals surface area contributed by atoms with Gasteiger partial charge in [-0.1, -0.05) is 12.2 Å². The zero-order chi connectivity index (χ0) is 11.8. The first-order valence-corrected chi connectivity index (χ1v) is 5.11. The van der Waals surface area contributed by atoms with Crippen molar-refractivity contribution in [3.05, 3.63) is 12.2 Å². The molecule has 0 saturated heterocycles. The largest absolute Gasteiger partial charge is 0.376 e. The Kier molecular flexibility index (Phi) is 6.99. The van der Waals surface area contributed by atoms with Crippen molar-refractivity contribution in [3.63, 3.8) is 0 Å². The monoisotopic (exact) mass is 214 g/mol. The van der Waals surface area contributed by atoms with E-state index in [4.69, 9.17) is 4.74 Å². The number of rotatable bonds is 7. The summed E-state index contributed by atoms with van der Waals surface area (Å²) in [5.41, 5.74) is 1.01. The highest BCUT2D eigenvalue weighted by molar-refractivity contribution is 5.80. The molecule has 88 valence electrons. The maximum atomic E-state index is 11.4. The summed E-state index contributed by atoms with van der Waals surface area (Å²) in [5.74, 6) is 0.0786. The van der Waals surface area contributed by atoms with E-state index in [1.54, 1.807) is 19.0 Å². The van der Waals surface area contributed by atoms with Crippen LogP contribution < -0.4 is 5.32 Å². The van der Waals surface area contributed by atoms with Gasteiger partial charge in [0, 0.05) is 20.6 Å². The molecule has 0 fully saturated rings. The highest BCUT2D eigenvalue weighted by atomic mass is 16.5. The number of ether oxygens (including phenoxy) is 1. The highest BCUT2D eigenvalue weighted by Gasteiger charge is 2.12. The van der Waals surface area contributed by atoms with Gasteiger partial charge in [0.2, 0.25) is 5.91 Å². The molecule has 1 atom stereocenters. The van der Waals surface area contributed by atoms with Crippen molar-refractivity contribution in [1.82, 2.24) is 10.2 Å². The van der Waals surface area contributed by atoms with Crippen LogP contribution in [-0.4, -0.2) is 50.7 Å². The number of carbonyl (C=O) groups is 1. The summed E-state index contributed by atoms with van der Waals surface area (Å²) in [4.78, 5) is 13.0. The predicted octanol–water partition coefficient (Wildman–Crippen LogP) is 0.645. The van der Waals surface area contributed by atoms with Crippen molar-refractivity contribution in [1.29, 1.82) is 0 Å². The van der Waals surface area contributed by atoms with Gasteiger partial charge in [0.1, 0.15) is 0 Å². The minimum Gasteiger partial charge on any atom is -0.376 e. The van der Waals surface area contributed by atoms with Gasteiger partial charge in [-0.3, -0.25) is 4.79 Å². The smallest absolute Gasteiger partial charge is 0.238 e. The van der Waals surface area contributed by atoms with Gasteiger partial charge in [-0.2, -0.15) is 0 Å². The molecule has 1 unspecified atom stereocenters. The number of amides is 1. The first-order chi connectivity index (χ1) is 6.95. The molecule has 0 rings (SSSR count). The van der Waals surface area contributed by atoms with Gasteiger partial charge in [0.15, 0.2) is 0 Å². The summed E-state index contributed by atoms with van der Waals surface area (Å²) < 4.78 is 5.30. The zero-order valence-electron chi connectivity index (χ0n) is 10.2. The molecule has 0 bridgehead atoms. The van der Waals surface area contributed by atoms with Crippen LogP contribution in [0.2, 0.25) is 0 Å². The van der Waals surface area contributed by atoms with Crippen LogP contribution in [-0.2, 0) is 9.53 Å². The molecule has 1 N–H and O–H groups in total. The second-order valence-corrected chi connectivity index (χ2v) is 3.92. The van der Waals surface area contributed by atoms with Crippen molar-refractivity contribution < 1.29 is 9.53 Å². The van der Waals surface area contributed by atoms with E-state index >= 15 is 0 Å². The SMILES string of the molecule is C=C(C)COCCNC(C)C(=O)N(C)C. The lowest BCUT2D eigenvalue weighted by molar-refractivity contribution is -0.130. The van der Waals surface area contributed by atoms with E-state index in [0.717, 1.165) is 5.57 Å². The van der Waals surface area contributed by atoms with E-state index in [0.29, 0.717) is 19.8 Å². The second-order valence-electron chi connectivity index (χ2n) is 3.92. The summed E-state index contributed by atoms with van der Waals surface area (Å²) in [6.45, 7) is 9.35. The topological polar surface area (TPSA) is 41.6 Å². The Balaban J connectivity index is 3.51. The molecule has 0 aliphatic carbocycles. The van der Waals surface area contributed by atoms with E-state index in [1.807, 2.05) is 13.8 Å². The molecular weight excluding hydrogens is 192 g/mol. The lowest BCUT2D eigenvalue weighted by Gasteiger charge is -2.17. The van der Waals surface area contributed by atoms with E-state index in [1.165, 1.54) is 0 Å². The Morgan fingerprint density at radius 2 is 2.13 bits per heavy atom. The number of nitrogens with zero attached hydrogens (tertiary/aromatic N) is 1. The lowest BCUT2D eigenvalue weighted by atomic mass is 10.3. The Bertz CT molecular complexity index is 215. The summed E-state index contributed by atoms with van der Waals surface area (Å²) in [6.07, 6.45) is 0. The number of hydrogen-bond acceptors (Lipinski definition) is 3. The van der Waals surface area contributed by atoms with Crippen molar-refractivity contribution in [2.24, 2.45) is 0 Å².